The van der Waals surface area contributed by atoms with E-state index >= 15 is 0 Å². The fourth-order valence-electron chi connectivity index (χ4n) is 1.82. The maximum atomic E-state index is 5.99. The Labute approximate surface area is 91.4 Å². The summed E-state index contributed by atoms with van der Waals surface area (Å²) < 4.78 is 0. The van der Waals surface area contributed by atoms with Crippen molar-refractivity contribution in [3.05, 3.63) is 35.5 Å². The molecule has 0 aromatic heterocycles. The van der Waals surface area contributed by atoms with E-state index in [-0.39, 0.29) is 5.54 Å². The van der Waals surface area contributed by atoms with Crippen LogP contribution in [0.15, 0.2) is 24.4 Å². The highest BCUT2D eigenvalue weighted by Crippen LogP contribution is 2.28. The SMILES string of the molecule is CC(C)(C)N1C=Cc2cccc(N)c2C1. The first kappa shape index (κ1) is 10.1. The lowest BCUT2D eigenvalue weighted by atomic mass is 9.98. The van der Waals surface area contributed by atoms with Crippen LogP contribution >= 0.6 is 0 Å². The lowest BCUT2D eigenvalue weighted by Crippen LogP contribution is -2.38. The van der Waals surface area contributed by atoms with Gasteiger partial charge in [0.05, 0.1) is 0 Å². The molecule has 15 heavy (non-hydrogen) atoms. The molecular formula is C13H18N2. The van der Waals surface area contributed by atoms with E-state index in [4.69, 9.17) is 5.73 Å². The maximum Gasteiger partial charge on any atom is 0.0455 e. The van der Waals surface area contributed by atoms with Crippen LogP contribution in [-0.2, 0) is 6.54 Å². The van der Waals surface area contributed by atoms with Crippen molar-refractivity contribution in [2.24, 2.45) is 0 Å². The summed E-state index contributed by atoms with van der Waals surface area (Å²) in [4.78, 5) is 2.31. The number of hydrogen-bond acceptors (Lipinski definition) is 2. The fourth-order valence-corrected chi connectivity index (χ4v) is 1.82. The zero-order chi connectivity index (χ0) is 11.1. The standard InChI is InChI=1S/C13H18N2/c1-13(2,3)15-8-7-10-5-4-6-12(14)11(10)9-15/h4-8H,9,14H2,1-3H3. The molecule has 0 bridgehead atoms. The number of rotatable bonds is 0. The lowest BCUT2D eigenvalue weighted by molar-refractivity contribution is 0.197. The number of nitrogens with two attached hydrogens (primary N) is 1. The molecule has 0 atom stereocenters. The van der Waals surface area contributed by atoms with E-state index in [2.05, 4.69) is 44.0 Å². The number of hydrogen-bond donors (Lipinski definition) is 1. The topological polar surface area (TPSA) is 29.3 Å². The van der Waals surface area contributed by atoms with Crippen molar-refractivity contribution in [1.82, 2.24) is 4.90 Å². The molecule has 0 aliphatic carbocycles. The summed E-state index contributed by atoms with van der Waals surface area (Å²) in [5.41, 5.74) is 9.52. The van der Waals surface area contributed by atoms with Crippen molar-refractivity contribution >= 4 is 11.8 Å². The Bertz CT molecular complexity index is 399. The van der Waals surface area contributed by atoms with Crippen LogP contribution in [0, 0.1) is 0 Å². The predicted octanol–water partition coefficient (Wildman–Crippen LogP) is 2.85. The van der Waals surface area contributed by atoms with Gasteiger partial charge in [0.1, 0.15) is 0 Å². The smallest absolute Gasteiger partial charge is 0.0455 e. The van der Waals surface area contributed by atoms with Crippen LogP contribution < -0.4 is 5.73 Å². The molecule has 2 nitrogen and oxygen atoms in total. The minimum absolute atomic E-state index is 0.149. The maximum absolute atomic E-state index is 5.99. The molecule has 0 amide bonds. The van der Waals surface area contributed by atoms with Gasteiger partial charge in [-0.05, 0) is 38.5 Å². The molecule has 1 aliphatic rings. The Balaban J connectivity index is 2.38. The normalized spacial score (nSPS) is 15.3. The molecule has 0 saturated carbocycles. The zero-order valence-electron chi connectivity index (χ0n) is 9.62. The number of nitrogen functional groups attached to an aromatic ring is 1. The second-order valence-corrected chi connectivity index (χ2v) is 5.03. The third-order valence-electron chi connectivity index (χ3n) is 2.87. The van der Waals surface area contributed by atoms with Crippen LogP contribution in [0.2, 0.25) is 0 Å². The zero-order valence-corrected chi connectivity index (χ0v) is 9.62. The van der Waals surface area contributed by atoms with Crippen molar-refractivity contribution in [2.75, 3.05) is 5.73 Å². The van der Waals surface area contributed by atoms with Crippen LogP contribution in [0.5, 0.6) is 0 Å². The highest BCUT2D eigenvalue weighted by atomic mass is 15.2. The second-order valence-electron chi connectivity index (χ2n) is 5.03. The van der Waals surface area contributed by atoms with E-state index in [1.807, 2.05) is 12.1 Å². The molecule has 1 heterocycles. The molecule has 2 rings (SSSR count). The first-order chi connectivity index (χ1) is 6.98. The predicted molar refractivity (Wildman–Crippen MR) is 65.2 cm³/mol. The van der Waals surface area contributed by atoms with Crippen molar-refractivity contribution in [2.45, 2.75) is 32.9 Å². The lowest BCUT2D eigenvalue weighted by Gasteiger charge is -2.37. The Kier molecular flexibility index (Phi) is 2.22. The van der Waals surface area contributed by atoms with E-state index < -0.39 is 0 Å². The van der Waals surface area contributed by atoms with Gasteiger partial charge in [-0.1, -0.05) is 12.1 Å². The van der Waals surface area contributed by atoms with Crippen molar-refractivity contribution < 1.29 is 0 Å². The number of benzene rings is 1. The van der Waals surface area contributed by atoms with E-state index in [1.165, 1.54) is 11.1 Å². The highest BCUT2D eigenvalue weighted by Gasteiger charge is 2.22. The molecule has 0 saturated heterocycles. The molecule has 2 heteroatoms. The summed E-state index contributed by atoms with van der Waals surface area (Å²) in [6.07, 6.45) is 4.29. The first-order valence-corrected chi connectivity index (χ1v) is 5.31. The molecular weight excluding hydrogens is 184 g/mol. The quantitative estimate of drug-likeness (QED) is 0.655. The molecule has 0 radical (unpaired) electrons. The Hall–Kier alpha value is -1.44. The molecule has 0 fully saturated rings. The fraction of sp³-hybridized carbons (Fsp3) is 0.385. The van der Waals surface area contributed by atoms with Crippen molar-refractivity contribution in [3.8, 4) is 0 Å². The van der Waals surface area contributed by atoms with Crippen LogP contribution in [0.1, 0.15) is 31.9 Å². The van der Waals surface area contributed by atoms with Crippen LogP contribution in [-0.4, -0.2) is 10.4 Å². The number of anilines is 1. The van der Waals surface area contributed by atoms with E-state index in [9.17, 15) is 0 Å². The first-order valence-electron chi connectivity index (χ1n) is 5.31. The van der Waals surface area contributed by atoms with Crippen LogP contribution in [0.25, 0.3) is 6.08 Å². The molecule has 0 spiro atoms. The summed E-state index contributed by atoms with van der Waals surface area (Å²) in [5, 5.41) is 0. The van der Waals surface area contributed by atoms with E-state index in [0.717, 1.165) is 12.2 Å². The molecule has 2 N–H and O–H groups in total. The number of fused-ring (bicyclic) bond motifs is 1. The molecule has 1 aliphatic heterocycles. The summed E-state index contributed by atoms with van der Waals surface area (Å²) in [5.74, 6) is 0. The van der Waals surface area contributed by atoms with Crippen LogP contribution in [0.3, 0.4) is 0 Å². The summed E-state index contributed by atoms with van der Waals surface area (Å²) in [6.45, 7) is 7.53. The third kappa shape index (κ3) is 1.84. The van der Waals surface area contributed by atoms with Gasteiger partial charge in [-0.25, -0.2) is 0 Å². The minimum Gasteiger partial charge on any atom is -0.398 e. The van der Waals surface area contributed by atoms with Gasteiger partial charge < -0.3 is 10.6 Å². The molecule has 1 aromatic rings. The average Bonchev–Trinajstić information content (AvgIpc) is 2.16. The third-order valence-corrected chi connectivity index (χ3v) is 2.87. The average molecular weight is 202 g/mol. The second kappa shape index (κ2) is 3.30. The largest absolute Gasteiger partial charge is 0.398 e. The van der Waals surface area contributed by atoms with Crippen LogP contribution in [0.4, 0.5) is 5.69 Å². The van der Waals surface area contributed by atoms with E-state index in [1.54, 1.807) is 0 Å². The van der Waals surface area contributed by atoms with Gasteiger partial charge in [-0.3, -0.25) is 0 Å². The minimum atomic E-state index is 0.149. The highest BCUT2D eigenvalue weighted by molar-refractivity contribution is 5.64. The van der Waals surface area contributed by atoms with Crippen molar-refractivity contribution in [1.29, 1.82) is 0 Å². The summed E-state index contributed by atoms with van der Waals surface area (Å²) in [6, 6.07) is 6.09. The number of nitrogens with zero attached hydrogens (tertiary/aromatic N) is 1. The van der Waals surface area contributed by atoms with Gasteiger partial charge in [0.2, 0.25) is 0 Å². The van der Waals surface area contributed by atoms with Crippen molar-refractivity contribution in [3.63, 3.8) is 0 Å². The Morgan fingerprint density at radius 1 is 1.27 bits per heavy atom. The Morgan fingerprint density at radius 3 is 2.67 bits per heavy atom. The van der Waals surface area contributed by atoms with Gasteiger partial charge in [-0.15, -0.1) is 0 Å². The monoisotopic (exact) mass is 202 g/mol. The van der Waals surface area contributed by atoms with Gasteiger partial charge >= 0.3 is 0 Å². The summed E-state index contributed by atoms with van der Waals surface area (Å²) in [7, 11) is 0. The molecule has 80 valence electrons. The molecule has 1 aromatic carbocycles. The summed E-state index contributed by atoms with van der Waals surface area (Å²) >= 11 is 0. The van der Waals surface area contributed by atoms with Gasteiger partial charge in [-0.2, -0.15) is 0 Å². The van der Waals surface area contributed by atoms with E-state index in [0.29, 0.717) is 0 Å². The van der Waals surface area contributed by atoms with Gasteiger partial charge in [0, 0.05) is 29.5 Å². The van der Waals surface area contributed by atoms with Gasteiger partial charge in [0.25, 0.3) is 0 Å². The molecule has 0 unspecified atom stereocenters. The van der Waals surface area contributed by atoms with Gasteiger partial charge in [0.15, 0.2) is 0 Å². The Morgan fingerprint density at radius 2 is 2.00 bits per heavy atom.